The van der Waals surface area contributed by atoms with Crippen LogP contribution >= 0.6 is 0 Å². The van der Waals surface area contributed by atoms with E-state index in [1.807, 2.05) is 6.92 Å². The fraction of sp³-hybridized carbons (Fsp3) is 0.360. The first-order valence-corrected chi connectivity index (χ1v) is 11.5. The lowest BCUT2D eigenvalue weighted by atomic mass is 10.2. The summed E-state index contributed by atoms with van der Waals surface area (Å²) in [6.45, 7) is 4.73. The molecule has 2 heterocycles. The van der Waals surface area contributed by atoms with Gasteiger partial charge in [0, 0.05) is 5.56 Å². The van der Waals surface area contributed by atoms with E-state index in [0.717, 1.165) is 12.8 Å². The number of carboxylic acid groups (broad SMARTS) is 1. The maximum atomic E-state index is 12.9. The second kappa shape index (κ2) is 10.6. The van der Waals surface area contributed by atoms with Crippen LogP contribution in [-0.2, 0) is 6.54 Å². The lowest BCUT2D eigenvalue weighted by Gasteiger charge is -2.12. The van der Waals surface area contributed by atoms with Gasteiger partial charge in [0.15, 0.2) is 23.0 Å². The zero-order valence-electron chi connectivity index (χ0n) is 19.6. The van der Waals surface area contributed by atoms with E-state index >= 15 is 0 Å². The Morgan fingerprint density at radius 2 is 2.00 bits per heavy atom. The third-order valence-corrected chi connectivity index (χ3v) is 5.40. The summed E-state index contributed by atoms with van der Waals surface area (Å²) in [5.41, 5.74) is 7.02. The van der Waals surface area contributed by atoms with Crippen molar-refractivity contribution in [2.24, 2.45) is 11.7 Å². The minimum atomic E-state index is -1.14. The van der Waals surface area contributed by atoms with Crippen molar-refractivity contribution < 1.29 is 28.6 Å². The number of amides is 1. The molecule has 3 aromatic rings. The lowest BCUT2D eigenvalue weighted by molar-refractivity contribution is 0.0690. The van der Waals surface area contributed by atoms with Crippen LogP contribution in [0.1, 0.15) is 65.2 Å². The fourth-order valence-electron chi connectivity index (χ4n) is 3.40. The van der Waals surface area contributed by atoms with Crippen LogP contribution in [0, 0.1) is 5.92 Å². The molecule has 1 atom stereocenters. The molecular weight excluding hydrogens is 452 g/mol. The molecular formula is C25H28N4O6. The summed E-state index contributed by atoms with van der Waals surface area (Å²) in [5.74, 6) is 0.602. The van der Waals surface area contributed by atoms with Crippen molar-refractivity contribution in [3.8, 4) is 23.0 Å². The normalized spacial score (nSPS) is 13.8. The number of aromatic nitrogens is 2. The van der Waals surface area contributed by atoms with Crippen LogP contribution in [0.5, 0.6) is 11.5 Å². The maximum absolute atomic E-state index is 12.9. The molecule has 0 bridgehead atoms. The molecule has 10 heteroatoms. The Labute approximate surface area is 202 Å². The van der Waals surface area contributed by atoms with Gasteiger partial charge in [-0.15, -0.1) is 0 Å². The number of benzene rings is 1. The Hall–Kier alpha value is -3.92. The maximum Gasteiger partial charge on any atom is 0.354 e. The van der Waals surface area contributed by atoms with Crippen LogP contribution in [0.4, 0.5) is 0 Å². The summed E-state index contributed by atoms with van der Waals surface area (Å²) in [6.07, 6.45) is 2.32. The standard InChI is InChI=1S/C25H28N4O6/c1-3-33-19-10-9-16(11-20(19)34-13-15-7-8-15)24-29-21(22(35-24)14(2)26)23(30)27-12-17-5-4-6-18(28-17)25(31)32/h4-6,9-11,14-15H,3,7-8,12-13,26H2,1-2H3,(H,27,30)(H,31,32)/t14-/m0/s1. The van der Waals surface area contributed by atoms with Gasteiger partial charge >= 0.3 is 5.97 Å². The van der Waals surface area contributed by atoms with Crippen LogP contribution in [-0.4, -0.2) is 40.2 Å². The van der Waals surface area contributed by atoms with Crippen molar-refractivity contribution in [3.05, 3.63) is 59.2 Å². The van der Waals surface area contributed by atoms with Crippen molar-refractivity contribution in [1.82, 2.24) is 15.3 Å². The molecule has 0 saturated heterocycles. The van der Waals surface area contributed by atoms with Gasteiger partial charge in [0.05, 0.1) is 31.5 Å². The molecule has 4 N–H and O–H groups in total. The van der Waals surface area contributed by atoms with Gasteiger partial charge in [-0.1, -0.05) is 6.07 Å². The molecule has 4 rings (SSSR count). The smallest absolute Gasteiger partial charge is 0.354 e. The third-order valence-electron chi connectivity index (χ3n) is 5.40. The van der Waals surface area contributed by atoms with Crippen molar-refractivity contribution >= 4 is 11.9 Å². The monoisotopic (exact) mass is 480 g/mol. The number of rotatable bonds is 11. The molecule has 0 radical (unpaired) electrons. The van der Waals surface area contributed by atoms with E-state index in [1.165, 1.54) is 6.07 Å². The average molecular weight is 481 g/mol. The van der Waals surface area contributed by atoms with Gasteiger partial charge in [0.1, 0.15) is 5.69 Å². The molecule has 1 fully saturated rings. The van der Waals surface area contributed by atoms with Crippen LogP contribution in [0.3, 0.4) is 0 Å². The number of nitrogens with zero attached hydrogens (tertiary/aromatic N) is 2. The molecule has 0 spiro atoms. The zero-order chi connectivity index (χ0) is 24.9. The molecule has 184 valence electrons. The Morgan fingerprint density at radius 1 is 1.20 bits per heavy atom. The van der Waals surface area contributed by atoms with Crippen molar-refractivity contribution in [2.75, 3.05) is 13.2 Å². The van der Waals surface area contributed by atoms with E-state index < -0.39 is 17.9 Å². The number of carbonyl (C=O) groups is 2. The quantitative estimate of drug-likeness (QED) is 0.374. The minimum absolute atomic E-state index is 0.0166. The molecule has 1 aliphatic carbocycles. The van der Waals surface area contributed by atoms with E-state index in [-0.39, 0.29) is 29.6 Å². The van der Waals surface area contributed by atoms with Gasteiger partial charge < -0.3 is 30.0 Å². The highest BCUT2D eigenvalue weighted by Gasteiger charge is 2.25. The second-order valence-electron chi connectivity index (χ2n) is 8.37. The third kappa shape index (κ3) is 5.96. The first-order valence-electron chi connectivity index (χ1n) is 11.5. The summed E-state index contributed by atoms with van der Waals surface area (Å²) >= 11 is 0. The largest absolute Gasteiger partial charge is 0.490 e. The Morgan fingerprint density at radius 3 is 2.69 bits per heavy atom. The number of carboxylic acids is 1. The van der Waals surface area contributed by atoms with Crippen molar-refractivity contribution in [2.45, 2.75) is 39.3 Å². The average Bonchev–Trinajstić information content (AvgIpc) is 3.57. The molecule has 0 aliphatic heterocycles. The SMILES string of the molecule is CCOc1ccc(-c2nc(C(=O)NCc3cccc(C(=O)O)n3)c([C@H](C)N)o2)cc1OCC1CC1. The first-order chi connectivity index (χ1) is 16.9. The number of aromatic carboxylic acids is 1. The summed E-state index contributed by atoms with van der Waals surface area (Å²) in [4.78, 5) is 32.5. The van der Waals surface area contributed by atoms with E-state index in [2.05, 4.69) is 15.3 Å². The Balaban J connectivity index is 1.56. The molecule has 10 nitrogen and oxygen atoms in total. The van der Waals surface area contributed by atoms with Crippen molar-refractivity contribution in [1.29, 1.82) is 0 Å². The van der Waals surface area contributed by atoms with Gasteiger partial charge in [-0.2, -0.15) is 0 Å². The summed E-state index contributed by atoms with van der Waals surface area (Å²) < 4.78 is 17.5. The van der Waals surface area contributed by atoms with Crippen LogP contribution < -0.4 is 20.5 Å². The van der Waals surface area contributed by atoms with E-state index in [0.29, 0.717) is 41.9 Å². The second-order valence-corrected chi connectivity index (χ2v) is 8.37. The van der Waals surface area contributed by atoms with Gasteiger partial charge in [-0.25, -0.2) is 14.8 Å². The molecule has 1 aromatic carbocycles. The fourth-order valence-corrected chi connectivity index (χ4v) is 3.40. The Bertz CT molecular complexity index is 1220. The highest BCUT2D eigenvalue weighted by Crippen LogP contribution is 2.36. The molecule has 35 heavy (non-hydrogen) atoms. The molecule has 1 amide bonds. The highest BCUT2D eigenvalue weighted by molar-refractivity contribution is 5.94. The molecule has 1 saturated carbocycles. The predicted molar refractivity (Wildman–Crippen MR) is 126 cm³/mol. The zero-order valence-corrected chi connectivity index (χ0v) is 19.6. The number of nitrogens with one attached hydrogen (secondary N) is 1. The minimum Gasteiger partial charge on any atom is -0.490 e. The van der Waals surface area contributed by atoms with Crippen LogP contribution in [0.15, 0.2) is 40.8 Å². The molecule has 0 unspecified atom stereocenters. The van der Waals surface area contributed by atoms with Crippen LogP contribution in [0.2, 0.25) is 0 Å². The first kappa shape index (κ1) is 24.2. The number of oxazole rings is 1. The predicted octanol–water partition coefficient (Wildman–Crippen LogP) is 3.57. The number of hydrogen-bond acceptors (Lipinski definition) is 8. The van der Waals surface area contributed by atoms with E-state index in [9.17, 15) is 9.59 Å². The van der Waals surface area contributed by atoms with Gasteiger partial charge in [-0.05, 0) is 62.9 Å². The number of ether oxygens (including phenoxy) is 2. The van der Waals surface area contributed by atoms with Gasteiger partial charge in [-0.3, -0.25) is 4.79 Å². The highest BCUT2D eigenvalue weighted by atomic mass is 16.5. The number of nitrogens with two attached hydrogens (primary N) is 1. The lowest BCUT2D eigenvalue weighted by Crippen LogP contribution is -2.26. The number of hydrogen-bond donors (Lipinski definition) is 3. The van der Waals surface area contributed by atoms with E-state index in [4.69, 9.17) is 24.7 Å². The summed E-state index contributed by atoms with van der Waals surface area (Å²) in [5, 5.41) is 11.8. The molecule has 1 aliphatic rings. The van der Waals surface area contributed by atoms with E-state index in [1.54, 1.807) is 37.3 Å². The summed E-state index contributed by atoms with van der Waals surface area (Å²) in [7, 11) is 0. The van der Waals surface area contributed by atoms with Gasteiger partial charge in [0.2, 0.25) is 5.89 Å². The van der Waals surface area contributed by atoms with Crippen molar-refractivity contribution in [3.63, 3.8) is 0 Å². The van der Waals surface area contributed by atoms with Crippen LogP contribution in [0.25, 0.3) is 11.5 Å². The van der Waals surface area contributed by atoms with Gasteiger partial charge in [0.25, 0.3) is 5.91 Å². The number of carbonyl (C=O) groups excluding carboxylic acids is 1. The molecule has 2 aromatic heterocycles. The topological polar surface area (TPSA) is 150 Å². The Kier molecular flexibility index (Phi) is 7.31. The number of pyridine rings is 1. The summed E-state index contributed by atoms with van der Waals surface area (Å²) in [6, 6.07) is 9.34.